The van der Waals surface area contributed by atoms with Crippen LogP contribution in [0.4, 0.5) is 4.39 Å². The summed E-state index contributed by atoms with van der Waals surface area (Å²) < 4.78 is 13.9. The van der Waals surface area contributed by atoms with Gasteiger partial charge in [-0.15, -0.1) is 0 Å². The molecule has 0 aliphatic rings. The van der Waals surface area contributed by atoms with Crippen molar-refractivity contribution in [3.63, 3.8) is 0 Å². The van der Waals surface area contributed by atoms with Gasteiger partial charge in [0.15, 0.2) is 0 Å². The Labute approximate surface area is 158 Å². The minimum atomic E-state index is -0.234. The largest absolute Gasteiger partial charge is 0.397 e. The summed E-state index contributed by atoms with van der Waals surface area (Å²) in [6.45, 7) is 6.28. The molecule has 0 bridgehead atoms. The zero-order valence-corrected chi connectivity index (χ0v) is 15.8. The average molecular weight is 370 g/mol. The first-order valence-corrected chi connectivity index (χ1v) is 9.55. The Kier molecular flexibility index (Phi) is 7.96. The van der Waals surface area contributed by atoms with Crippen LogP contribution < -0.4 is 5.73 Å². The van der Waals surface area contributed by atoms with E-state index in [1.54, 1.807) is 23.6 Å². The summed E-state index contributed by atoms with van der Waals surface area (Å²) in [6.07, 6.45) is 7.21. The number of halogens is 1. The molecule has 0 spiro atoms. The molecule has 2 aromatic heterocycles. The molecular weight excluding hydrogens is 345 g/mol. The maximum absolute atomic E-state index is 13.9. The number of allylic oxidation sites excluding steroid dienone is 3. The van der Waals surface area contributed by atoms with E-state index in [4.69, 9.17) is 5.73 Å². The van der Waals surface area contributed by atoms with Gasteiger partial charge < -0.3 is 5.73 Å². The number of nitrogens with zero attached hydrogens (tertiary/aromatic N) is 2. The first-order valence-electron chi connectivity index (χ1n) is 8.61. The molecule has 2 heterocycles. The van der Waals surface area contributed by atoms with Crippen molar-refractivity contribution in [3.8, 4) is 0 Å². The molecule has 0 radical (unpaired) electrons. The number of unbranched alkanes of at least 4 members (excludes halogenated alkanes) is 1. The summed E-state index contributed by atoms with van der Waals surface area (Å²) in [5.74, 6) is -0.234. The number of nitrogens with two attached hydrogens (primary N) is 1. The van der Waals surface area contributed by atoms with Crippen LogP contribution in [0.5, 0.6) is 0 Å². The maximum Gasteiger partial charge on any atom is 0.121 e. The lowest BCUT2D eigenvalue weighted by molar-refractivity contribution is 0.632. The molecular formula is C21H24FN3S. The molecule has 3 nitrogen and oxygen atoms in total. The minimum absolute atomic E-state index is 0.234. The van der Waals surface area contributed by atoms with Gasteiger partial charge in [0.05, 0.1) is 17.1 Å². The quantitative estimate of drug-likeness (QED) is 0.466. The van der Waals surface area contributed by atoms with Crippen molar-refractivity contribution in [3.05, 3.63) is 82.6 Å². The summed E-state index contributed by atoms with van der Waals surface area (Å²) in [5.41, 5.74) is 9.65. The molecule has 0 unspecified atom stereocenters. The second-order valence-electron chi connectivity index (χ2n) is 5.79. The molecule has 5 heteroatoms. The molecule has 0 aromatic carbocycles. The number of thiophene rings is 1. The van der Waals surface area contributed by atoms with Crippen LogP contribution in [0, 0.1) is 0 Å². The molecule has 0 saturated carbocycles. The molecule has 0 atom stereocenters. The van der Waals surface area contributed by atoms with Crippen LogP contribution in [-0.4, -0.2) is 17.2 Å². The SMILES string of the molecule is C=C(CCN=C(C=C(N)c1ccccn1)c1ccsc1)/C(F)=C\CCC. The molecule has 136 valence electrons. The van der Waals surface area contributed by atoms with E-state index in [0.717, 1.165) is 24.1 Å². The molecule has 2 rings (SSSR count). The predicted molar refractivity (Wildman–Crippen MR) is 110 cm³/mol. The van der Waals surface area contributed by atoms with Gasteiger partial charge in [0.1, 0.15) is 5.83 Å². The second kappa shape index (κ2) is 10.5. The van der Waals surface area contributed by atoms with Crippen LogP contribution in [0.2, 0.25) is 0 Å². The smallest absolute Gasteiger partial charge is 0.121 e. The van der Waals surface area contributed by atoms with Crippen molar-refractivity contribution in [1.82, 2.24) is 4.98 Å². The number of pyridine rings is 1. The van der Waals surface area contributed by atoms with Gasteiger partial charge in [-0.3, -0.25) is 9.98 Å². The van der Waals surface area contributed by atoms with Crippen LogP contribution >= 0.6 is 11.3 Å². The fourth-order valence-electron chi connectivity index (χ4n) is 2.23. The van der Waals surface area contributed by atoms with Crippen molar-refractivity contribution in [1.29, 1.82) is 0 Å². The van der Waals surface area contributed by atoms with Crippen LogP contribution in [0.3, 0.4) is 0 Å². The number of hydrogen-bond donors (Lipinski definition) is 1. The highest BCUT2D eigenvalue weighted by Gasteiger charge is 2.06. The molecule has 26 heavy (non-hydrogen) atoms. The van der Waals surface area contributed by atoms with Crippen molar-refractivity contribution >= 4 is 22.7 Å². The maximum atomic E-state index is 13.9. The van der Waals surface area contributed by atoms with Crippen LogP contribution in [0.1, 0.15) is 37.4 Å². The summed E-state index contributed by atoms with van der Waals surface area (Å²) in [6, 6.07) is 7.58. The van der Waals surface area contributed by atoms with Gasteiger partial charge in [-0.2, -0.15) is 11.3 Å². The Bertz CT molecular complexity index is 790. The number of aromatic nitrogens is 1. The van der Waals surface area contributed by atoms with Crippen molar-refractivity contribution < 1.29 is 4.39 Å². The average Bonchev–Trinajstić information content (AvgIpc) is 3.20. The summed E-state index contributed by atoms with van der Waals surface area (Å²) >= 11 is 1.59. The van der Waals surface area contributed by atoms with Crippen LogP contribution in [0.25, 0.3) is 5.70 Å². The highest BCUT2D eigenvalue weighted by molar-refractivity contribution is 7.08. The van der Waals surface area contributed by atoms with Crippen molar-refractivity contribution in [2.75, 3.05) is 6.54 Å². The summed E-state index contributed by atoms with van der Waals surface area (Å²) in [5, 5.41) is 4.00. The monoisotopic (exact) mass is 369 g/mol. The third-order valence-electron chi connectivity index (χ3n) is 3.72. The number of hydrogen-bond acceptors (Lipinski definition) is 4. The zero-order chi connectivity index (χ0) is 18.8. The minimum Gasteiger partial charge on any atom is -0.397 e. The van der Waals surface area contributed by atoms with E-state index < -0.39 is 0 Å². The molecule has 2 aromatic rings. The molecule has 0 amide bonds. The van der Waals surface area contributed by atoms with Gasteiger partial charge in [-0.05, 0) is 54.1 Å². The normalized spacial score (nSPS) is 13.1. The first kappa shape index (κ1) is 19.8. The van der Waals surface area contributed by atoms with Crippen LogP contribution in [-0.2, 0) is 0 Å². The Morgan fingerprint density at radius 3 is 2.88 bits per heavy atom. The molecule has 2 N–H and O–H groups in total. The van der Waals surface area contributed by atoms with Crippen molar-refractivity contribution in [2.45, 2.75) is 26.2 Å². The Hall–Kier alpha value is -2.53. The Balaban J connectivity index is 2.13. The van der Waals surface area contributed by atoms with E-state index in [-0.39, 0.29) is 5.83 Å². The first-order chi connectivity index (χ1) is 12.6. The summed E-state index contributed by atoms with van der Waals surface area (Å²) in [4.78, 5) is 8.88. The Morgan fingerprint density at radius 2 is 2.23 bits per heavy atom. The fourth-order valence-corrected chi connectivity index (χ4v) is 2.88. The van der Waals surface area contributed by atoms with E-state index in [2.05, 4.69) is 16.6 Å². The second-order valence-corrected chi connectivity index (χ2v) is 6.57. The van der Waals surface area contributed by atoms with E-state index >= 15 is 0 Å². The fraction of sp³-hybridized carbons (Fsp3) is 0.238. The van der Waals surface area contributed by atoms with Crippen molar-refractivity contribution in [2.24, 2.45) is 10.7 Å². The highest BCUT2D eigenvalue weighted by Crippen LogP contribution is 2.16. The van der Waals surface area contributed by atoms with Gasteiger partial charge in [0.2, 0.25) is 0 Å². The standard InChI is InChI=1S/C21H24FN3S/c1-3-4-7-18(22)16(2)9-12-25-21(17-10-13-26-15-17)14-19(23)20-8-5-6-11-24-20/h5-8,10-11,13-15H,2-4,9,12,23H2,1H3/b18-7+,19-14?,25-21?. The molecule has 0 aliphatic carbocycles. The van der Waals surface area contributed by atoms with Gasteiger partial charge in [-0.25, -0.2) is 4.39 Å². The van der Waals surface area contributed by atoms with E-state index in [1.165, 1.54) is 0 Å². The third-order valence-corrected chi connectivity index (χ3v) is 4.40. The predicted octanol–water partition coefficient (Wildman–Crippen LogP) is 5.53. The summed E-state index contributed by atoms with van der Waals surface area (Å²) in [7, 11) is 0. The molecule has 0 fully saturated rings. The number of rotatable bonds is 9. The molecule has 0 aliphatic heterocycles. The molecule has 0 saturated heterocycles. The Morgan fingerprint density at radius 1 is 1.38 bits per heavy atom. The highest BCUT2D eigenvalue weighted by atomic mass is 32.1. The van der Waals surface area contributed by atoms with E-state index in [9.17, 15) is 4.39 Å². The van der Waals surface area contributed by atoms with Gasteiger partial charge in [0, 0.05) is 23.7 Å². The van der Waals surface area contributed by atoms with E-state index in [0.29, 0.717) is 29.9 Å². The van der Waals surface area contributed by atoms with Gasteiger partial charge in [0.25, 0.3) is 0 Å². The van der Waals surface area contributed by atoms with Gasteiger partial charge in [-0.1, -0.05) is 26.0 Å². The van der Waals surface area contributed by atoms with Gasteiger partial charge >= 0.3 is 0 Å². The topological polar surface area (TPSA) is 51.3 Å². The number of aliphatic imine (C=N–C) groups is 1. The third kappa shape index (κ3) is 6.08. The lowest BCUT2D eigenvalue weighted by Gasteiger charge is -2.05. The lowest BCUT2D eigenvalue weighted by atomic mass is 10.1. The zero-order valence-electron chi connectivity index (χ0n) is 15.0. The lowest BCUT2D eigenvalue weighted by Crippen LogP contribution is -2.05. The van der Waals surface area contributed by atoms with E-state index in [1.807, 2.05) is 48.0 Å². The van der Waals surface area contributed by atoms with Crippen LogP contribution in [0.15, 0.2) is 76.3 Å².